The minimum atomic E-state index is -0.985. The number of ether oxygens (including phenoxy) is 2. The van der Waals surface area contributed by atoms with E-state index in [2.05, 4.69) is 15.9 Å². The lowest BCUT2D eigenvalue weighted by molar-refractivity contribution is 0.0699. The first-order chi connectivity index (χ1) is 12.5. The van der Waals surface area contributed by atoms with Crippen LogP contribution in [0.4, 0.5) is 0 Å². The van der Waals surface area contributed by atoms with Gasteiger partial charge in [-0.05, 0) is 53.5 Å². The number of fused-ring (bicyclic) bond motifs is 1. The Bertz CT molecular complexity index is 1000. The van der Waals surface area contributed by atoms with Gasteiger partial charge in [0.1, 0.15) is 0 Å². The first-order valence-electron chi connectivity index (χ1n) is 8.10. The third kappa shape index (κ3) is 3.24. The van der Waals surface area contributed by atoms with E-state index in [1.54, 1.807) is 25.3 Å². The first-order valence-corrected chi connectivity index (χ1v) is 8.90. The van der Waals surface area contributed by atoms with E-state index in [4.69, 9.17) is 14.5 Å². The van der Waals surface area contributed by atoms with Crippen molar-refractivity contribution in [2.45, 2.75) is 13.8 Å². The number of aromatic nitrogens is 1. The fraction of sp³-hybridized carbons (Fsp3) is 0.200. The molecular weight excluding hydrogens is 398 g/mol. The normalized spacial score (nSPS) is 10.8. The van der Waals surface area contributed by atoms with Crippen LogP contribution in [0.2, 0.25) is 0 Å². The molecule has 3 aromatic rings. The maximum Gasteiger partial charge on any atom is 0.336 e. The lowest BCUT2D eigenvalue weighted by atomic mass is 10.0. The quantitative estimate of drug-likeness (QED) is 0.629. The van der Waals surface area contributed by atoms with E-state index < -0.39 is 5.97 Å². The van der Waals surface area contributed by atoms with Crippen molar-refractivity contribution >= 4 is 32.8 Å². The van der Waals surface area contributed by atoms with Crippen molar-refractivity contribution in [1.29, 1.82) is 0 Å². The summed E-state index contributed by atoms with van der Waals surface area (Å²) in [5.41, 5.74) is 3.11. The fourth-order valence-corrected chi connectivity index (χ4v) is 3.43. The van der Waals surface area contributed by atoms with E-state index in [0.29, 0.717) is 34.7 Å². The van der Waals surface area contributed by atoms with Gasteiger partial charge in [-0.1, -0.05) is 18.2 Å². The van der Waals surface area contributed by atoms with E-state index in [0.717, 1.165) is 15.6 Å². The van der Waals surface area contributed by atoms with Crippen molar-refractivity contribution in [3.63, 3.8) is 0 Å². The fourth-order valence-electron chi connectivity index (χ4n) is 2.87. The highest BCUT2D eigenvalue weighted by atomic mass is 79.9. The van der Waals surface area contributed by atoms with Crippen molar-refractivity contribution < 1.29 is 19.4 Å². The standard InChI is InChI=1S/C20H18BrNO4/c1-4-26-19-15(21)8-12(9-17(19)25-3)16-10-14(20(23)24)13-7-5-6-11(2)18(13)22-16/h5-10H,4H2,1-3H3,(H,23,24). The molecule has 1 aromatic heterocycles. The predicted molar refractivity (Wildman–Crippen MR) is 104 cm³/mol. The van der Waals surface area contributed by atoms with Gasteiger partial charge in [0.25, 0.3) is 0 Å². The van der Waals surface area contributed by atoms with Crippen LogP contribution >= 0.6 is 15.9 Å². The third-order valence-corrected chi connectivity index (χ3v) is 4.67. The van der Waals surface area contributed by atoms with Crippen LogP contribution in [0.3, 0.4) is 0 Å². The minimum Gasteiger partial charge on any atom is -0.493 e. The lowest BCUT2D eigenvalue weighted by Crippen LogP contribution is -2.02. The van der Waals surface area contributed by atoms with Crippen LogP contribution in [-0.4, -0.2) is 29.8 Å². The number of benzene rings is 2. The molecule has 0 fully saturated rings. The highest BCUT2D eigenvalue weighted by Gasteiger charge is 2.17. The molecule has 0 unspecified atom stereocenters. The molecule has 0 bridgehead atoms. The molecular formula is C20H18BrNO4. The maximum absolute atomic E-state index is 11.8. The summed E-state index contributed by atoms with van der Waals surface area (Å²) in [5.74, 6) is 0.176. The second-order valence-electron chi connectivity index (χ2n) is 5.75. The van der Waals surface area contributed by atoms with Gasteiger partial charge in [0.2, 0.25) is 0 Å². The molecule has 0 aliphatic heterocycles. The summed E-state index contributed by atoms with van der Waals surface area (Å²) in [7, 11) is 1.56. The molecule has 26 heavy (non-hydrogen) atoms. The molecule has 0 atom stereocenters. The number of para-hydroxylation sites is 1. The van der Waals surface area contributed by atoms with E-state index in [1.165, 1.54) is 0 Å². The zero-order chi connectivity index (χ0) is 18.8. The average Bonchev–Trinajstić information content (AvgIpc) is 2.62. The Morgan fingerprint density at radius 2 is 2.04 bits per heavy atom. The maximum atomic E-state index is 11.8. The number of rotatable bonds is 5. The number of aromatic carboxylic acids is 1. The molecule has 0 aliphatic rings. The van der Waals surface area contributed by atoms with Crippen molar-refractivity contribution in [3.8, 4) is 22.8 Å². The van der Waals surface area contributed by atoms with E-state index in [-0.39, 0.29) is 5.56 Å². The number of aryl methyl sites for hydroxylation is 1. The smallest absolute Gasteiger partial charge is 0.336 e. The van der Waals surface area contributed by atoms with E-state index in [9.17, 15) is 9.90 Å². The van der Waals surface area contributed by atoms with E-state index in [1.807, 2.05) is 32.0 Å². The SMILES string of the molecule is CCOc1c(Br)cc(-c2cc(C(=O)O)c3cccc(C)c3n2)cc1OC. The zero-order valence-corrected chi connectivity index (χ0v) is 16.3. The molecule has 0 amide bonds. The van der Waals surface area contributed by atoms with Gasteiger partial charge in [-0.2, -0.15) is 0 Å². The van der Waals surface area contributed by atoms with Gasteiger partial charge >= 0.3 is 5.97 Å². The van der Waals surface area contributed by atoms with Gasteiger partial charge in [-0.15, -0.1) is 0 Å². The van der Waals surface area contributed by atoms with Crippen LogP contribution in [0.1, 0.15) is 22.8 Å². The van der Waals surface area contributed by atoms with Gasteiger partial charge < -0.3 is 14.6 Å². The topological polar surface area (TPSA) is 68.7 Å². The zero-order valence-electron chi connectivity index (χ0n) is 14.7. The summed E-state index contributed by atoms with van der Waals surface area (Å²) in [6.07, 6.45) is 0. The first kappa shape index (κ1) is 18.2. The highest BCUT2D eigenvalue weighted by Crippen LogP contribution is 2.40. The van der Waals surface area contributed by atoms with Crippen molar-refractivity contribution in [2.24, 2.45) is 0 Å². The van der Waals surface area contributed by atoms with Crippen LogP contribution in [0.25, 0.3) is 22.2 Å². The van der Waals surface area contributed by atoms with Gasteiger partial charge in [0.05, 0.1) is 35.0 Å². The number of methoxy groups -OCH3 is 1. The Morgan fingerprint density at radius 1 is 1.27 bits per heavy atom. The second-order valence-corrected chi connectivity index (χ2v) is 6.61. The summed E-state index contributed by atoms with van der Waals surface area (Å²) in [4.78, 5) is 16.5. The van der Waals surface area contributed by atoms with Crippen LogP contribution in [-0.2, 0) is 0 Å². The number of carbonyl (C=O) groups is 1. The van der Waals surface area contributed by atoms with Gasteiger partial charge in [-0.3, -0.25) is 0 Å². The van der Waals surface area contributed by atoms with Crippen LogP contribution in [0, 0.1) is 6.92 Å². The lowest BCUT2D eigenvalue weighted by Gasteiger charge is -2.14. The predicted octanol–water partition coefficient (Wildman–Crippen LogP) is 5.08. The number of hydrogen-bond donors (Lipinski definition) is 1. The van der Waals surface area contributed by atoms with Crippen molar-refractivity contribution in [3.05, 3.63) is 52.0 Å². The summed E-state index contributed by atoms with van der Waals surface area (Å²) in [5, 5.41) is 10.3. The summed E-state index contributed by atoms with van der Waals surface area (Å²) < 4.78 is 11.8. The Kier molecular flexibility index (Phi) is 5.13. The molecule has 0 saturated heterocycles. The second kappa shape index (κ2) is 7.33. The molecule has 1 heterocycles. The molecule has 0 radical (unpaired) electrons. The molecule has 0 aliphatic carbocycles. The van der Waals surface area contributed by atoms with Crippen molar-refractivity contribution in [2.75, 3.05) is 13.7 Å². The summed E-state index contributed by atoms with van der Waals surface area (Å²) in [6.45, 7) is 4.32. The van der Waals surface area contributed by atoms with Crippen LogP contribution in [0.15, 0.2) is 40.9 Å². The molecule has 3 rings (SSSR count). The number of carboxylic acid groups (broad SMARTS) is 1. The Morgan fingerprint density at radius 3 is 2.69 bits per heavy atom. The van der Waals surface area contributed by atoms with Crippen LogP contribution < -0.4 is 9.47 Å². The number of hydrogen-bond acceptors (Lipinski definition) is 4. The van der Waals surface area contributed by atoms with Crippen molar-refractivity contribution in [1.82, 2.24) is 4.98 Å². The van der Waals surface area contributed by atoms with Gasteiger partial charge in [-0.25, -0.2) is 9.78 Å². The number of pyridine rings is 1. The Labute approximate surface area is 159 Å². The Balaban J connectivity index is 2.27. The van der Waals surface area contributed by atoms with E-state index >= 15 is 0 Å². The summed E-state index contributed by atoms with van der Waals surface area (Å²) >= 11 is 3.50. The largest absolute Gasteiger partial charge is 0.493 e. The van der Waals surface area contributed by atoms with Crippen LogP contribution in [0.5, 0.6) is 11.5 Å². The minimum absolute atomic E-state index is 0.220. The molecule has 0 saturated carbocycles. The summed E-state index contributed by atoms with van der Waals surface area (Å²) in [6, 6.07) is 10.8. The molecule has 134 valence electrons. The number of nitrogens with zero attached hydrogens (tertiary/aromatic N) is 1. The third-order valence-electron chi connectivity index (χ3n) is 4.09. The molecule has 6 heteroatoms. The van der Waals surface area contributed by atoms with Gasteiger partial charge in [0, 0.05) is 10.9 Å². The molecule has 0 spiro atoms. The molecule has 5 nitrogen and oxygen atoms in total. The highest BCUT2D eigenvalue weighted by molar-refractivity contribution is 9.10. The number of carboxylic acids is 1. The molecule has 1 N–H and O–H groups in total. The average molecular weight is 416 g/mol. The van der Waals surface area contributed by atoms with Gasteiger partial charge in [0.15, 0.2) is 11.5 Å². The Hall–Kier alpha value is -2.60. The monoisotopic (exact) mass is 415 g/mol. The molecule has 2 aromatic carbocycles. The number of halogens is 1.